The van der Waals surface area contributed by atoms with E-state index in [1.165, 1.54) is 4.90 Å². The van der Waals surface area contributed by atoms with Crippen LogP contribution in [0.3, 0.4) is 0 Å². The van der Waals surface area contributed by atoms with Crippen molar-refractivity contribution >= 4 is 12.0 Å². The van der Waals surface area contributed by atoms with Crippen LogP contribution in [0.25, 0.3) is 0 Å². The van der Waals surface area contributed by atoms with Crippen molar-refractivity contribution in [3.63, 3.8) is 0 Å². The monoisotopic (exact) mass is 278 g/mol. The second-order valence-electron chi connectivity index (χ2n) is 5.06. The van der Waals surface area contributed by atoms with E-state index in [1.807, 2.05) is 0 Å². The summed E-state index contributed by atoms with van der Waals surface area (Å²) in [6.07, 6.45) is 3.66. The third-order valence-electron chi connectivity index (χ3n) is 3.65. The molecule has 1 saturated heterocycles. The van der Waals surface area contributed by atoms with Gasteiger partial charge in [-0.15, -0.1) is 0 Å². The van der Waals surface area contributed by atoms with Gasteiger partial charge in [0.25, 0.3) is 0 Å². The molecule has 1 aromatic heterocycles. The molecule has 0 radical (unpaired) electrons. The molecule has 0 aliphatic carbocycles. The zero-order valence-electron chi connectivity index (χ0n) is 11.4. The first-order chi connectivity index (χ1) is 9.54. The average Bonchev–Trinajstić information content (AvgIpc) is 2.46. The van der Waals surface area contributed by atoms with Crippen molar-refractivity contribution in [3.05, 3.63) is 24.0 Å². The maximum atomic E-state index is 12.2. The number of rotatable bonds is 3. The highest BCUT2D eigenvalue weighted by Gasteiger charge is 2.43. The van der Waals surface area contributed by atoms with Gasteiger partial charge in [0, 0.05) is 12.7 Å². The molecule has 2 heterocycles. The highest BCUT2D eigenvalue weighted by molar-refractivity contribution is 5.86. The molecule has 20 heavy (non-hydrogen) atoms. The van der Waals surface area contributed by atoms with Gasteiger partial charge in [0.2, 0.25) is 0 Å². The van der Waals surface area contributed by atoms with Gasteiger partial charge in [-0.25, -0.2) is 9.59 Å². The Morgan fingerprint density at radius 2 is 2.30 bits per heavy atom. The van der Waals surface area contributed by atoms with Crippen LogP contribution in [-0.4, -0.2) is 44.3 Å². The van der Waals surface area contributed by atoms with Crippen molar-refractivity contribution in [1.82, 2.24) is 20.4 Å². The lowest BCUT2D eigenvalue weighted by atomic mass is 9.89. The minimum Gasteiger partial charge on any atom is -0.480 e. The third-order valence-corrected chi connectivity index (χ3v) is 3.65. The van der Waals surface area contributed by atoms with Crippen molar-refractivity contribution in [1.29, 1.82) is 0 Å². The highest BCUT2D eigenvalue weighted by Crippen LogP contribution is 2.28. The van der Waals surface area contributed by atoms with Gasteiger partial charge in [0.1, 0.15) is 5.54 Å². The van der Waals surface area contributed by atoms with Crippen LogP contribution in [0.2, 0.25) is 0 Å². The molecule has 1 fully saturated rings. The summed E-state index contributed by atoms with van der Waals surface area (Å²) >= 11 is 0. The molecule has 0 saturated carbocycles. The first kappa shape index (κ1) is 14.2. The summed E-state index contributed by atoms with van der Waals surface area (Å²) in [7, 11) is 0. The molecule has 2 amide bonds. The van der Waals surface area contributed by atoms with Gasteiger partial charge in [-0.2, -0.15) is 10.2 Å². The van der Waals surface area contributed by atoms with E-state index in [2.05, 4.69) is 15.5 Å². The number of piperidine rings is 1. The number of hydrogen-bond acceptors (Lipinski definition) is 4. The van der Waals surface area contributed by atoms with E-state index < -0.39 is 11.5 Å². The zero-order chi connectivity index (χ0) is 14.6. The Labute approximate surface area is 117 Å². The molecule has 1 atom stereocenters. The normalized spacial score (nSPS) is 22.4. The van der Waals surface area contributed by atoms with E-state index in [0.29, 0.717) is 18.7 Å². The summed E-state index contributed by atoms with van der Waals surface area (Å²) in [5.74, 6) is -0.966. The number of carboxylic acids is 1. The number of carbonyl (C=O) groups is 2. The van der Waals surface area contributed by atoms with Crippen LogP contribution in [0.4, 0.5) is 4.79 Å². The fraction of sp³-hybridized carbons (Fsp3) is 0.538. The molecule has 0 aromatic carbocycles. The van der Waals surface area contributed by atoms with Gasteiger partial charge < -0.3 is 15.3 Å². The predicted molar refractivity (Wildman–Crippen MR) is 70.9 cm³/mol. The van der Waals surface area contributed by atoms with Gasteiger partial charge in [0.05, 0.1) is 12.2 Å². The van der Waals surface area contributed by atoms with E-state index in [9.17, 15) is 14.7 Å². The first-order valence-electron chi connectivity index (χ1n) is 6.59. The number of carbonyl (C=O) groups excluding carboxylic acids is 1. The Bertz CT molecular complexity index is 494. The van der Waals surface area contributed by atoms with E-state index in [4.69, 9.17) is 0 Å². The van der Waals surface area contributed by atoms with Crippen LogP contribution in [-0.2, 0) is 11.3 Å². The lowest BCUT2D eigenvalue weighted by molar-refractivity contribution is -0.150. The number of carboxylic acid groups (broad SMARTS) is 1. The summed E-state index contributed by atoms with van der Waals surface area (Å²) in [5.41, 5.74) is -0.500. The van der Waals surface area contributed by atoms with Crippen LogP contribution in [0, 0.1) is 0 Å². The Morgan fingerprint density at radius 3 is 2.95 bits per heavy atom. The number of aliphatic carboxylic acids is 1. The Kier molecular flexibility index (Phi) is 4.16. The topological polar surface area (TPSA) is 95.4 Å². The molecule has 1 aliphatic rings. The first-order valence-corrected chi connectivity index (χ1v) is 6.59. The van der Waals surface area contributed by atoms with Gasteiger partial charge >= 0.3 is 12.0 Å². The van der Waals surface area contributed by atoms with Gasteiger partial charge in [-0.1, -0.05) is 0 Å². The maximum Gasteiger partial charge on any atom is 0.329 e. The highest BCUT2D eigenvalue weighted by atomic mass is 16.4. The Hall–Kier alpha value is -2.18. The molecule has 1 unspecified atom stereocenters. The van der Waals surface area contributed by atoms with E-state index in [0.717, 1.165) is 12.8 Å². The van der Waals surface area contributed by atoms with Crippen LogP contribution >= 0.6 is 0 Å². The molecule has 0 bridgehead atoms. The Morgan fingerprint density at radius 1 is 1.50 bits per heavy atom. The Balaban J connectivity index is 2.02. The maximum absolute atomic E-state index is 12.2. The second-order valence-corrected chi connectivity index (χ2v) is 5.06. The fourth-order valence-electron chi connectivity index (χ4n) is 2.36. The van der Waals surface area contributed by atoms with Crippen LogP contribution in [0.5, 0.6) is 0 Å². The molecular weight excluding hydrogens is 260 g/mol. The summed E-state index contributed by atoms with van der Waals surface area (Å²) in [4.78, 5) is 25.0. The second kappa shape index (κ2) is 5.85. The van der Waals surface area contributed by atoms with Gasteiger partial charge in [-0.05, 0) is 38.3 Å². The summed E-state index contributed by atoms with van der Waals surface area (Å²) < 4.78 is 0. The number of urea groups is 1. The SMILES string of the molecule is CC1(C(=O)O)CCCCN1C(=O)NCc1cccnn1. The standard InChI is InChI=1S/C13H18N4O3/c1-13(11(18)19)6-2-3-8-17(13)12(20)14-9-10-5-4-7-15-16-10/h4-5,7H,2-3,6,8-9H2,1H3,(H,14,20)(H,18,19). The number of aromatic nitrogens is 2. The van der Waals surface area contributed by atoms with E-state index >= 15 is 0 Å². The molecule has 2 rings (SSSR count). The number of nitrogens with one attached hydrogen (secondary N) is 1. The molecule has 1 aromatic rings. The molecular formula is C13H18N4O3. The minimum absolute atomic E-state index is 0.235. The van der Waals surface area contributed by atoms with Crippen molar-refractivity contribution in [2.75, 3.05) is 6.54 Å². The molecule has 1 aliphatic heterocycles. The van der Waals surface area contributed by atoms with Crippen molar-refractivity contribution < 1.29 is 14.7 Å². The smallest absolute Gasteiger partial charge is 0.329 e. The van der Waals surface area contributed by atoms with E-state index in [-0.39, 0.29) is 12.6 Å². The average molecular weight is 278 g/mol. The van der Waals surface area contributed by atoms with Crippen LogP contribution in [0.15, 0.2) is 18.3 Å². The summed E-state index contributed by atoms with van der Waals surface area (Å²) in [6.45, 7) is 2.28. The zero-order valence-corrected chi connectivity index (χ0v) is 11.4. The largest absolute Gasteiger partial charge is 0.480 e. The fourth-order valence-corrected chi connectivity index (χ4v) is 2.36. The third kappa shape index (κ3) is 2.87. The molecule has 0 spiro atoms. The van der Waals surface area contributed by atoms with Crippen molar-refractivity contribution in [2.24, 2.45) is 0 Å². The summed E-state index contributed by atoms with van der Waals surface area (Å²) in [6, 6.07) is 3.11. The molecule has 7 heteroatoms. The van der Waals surface area contributed by atoms with Crippen molar-refractivity contribution in [3.8, 4) is 0 Å². The number of likely N-dealkylation sites (tertiary alicyclic amines) is 1. The minimum atomic E-state index is -1.13. The van der Waals surface area contributed by atoms with E-state index in [1.54, 1.807) is 25.3 Å². The lowest BCUT2D eigenvalue weighted by Gasteiger charge is -2.41. The molecule has 108 valence electrons. The van der Waals surface area contributed by atoms with Crippen molar-refractivity contribution in [2.45, 2.75) is 38.3 Å². The van der Waals surface area contributed by atoms with Crippen LogP contribution < -0.4 is 5.32 Å². The summed E-state index contributed by atoms with van der Waals surface area (Å²) in [5, 5.41) is 19.6. The number of hydrogen-bond donors (Lipinski definition) is 2. The van der Waals surface area contributed by atoms with Gasteiger partial charge in [-0.3, -0.25) is 0 Å². The molecule has 2 N–H and O–H groups in total. The number of amides is 2. The number of nitrogens with zero attached hydrogens (tertiary/aromatic N) is 3. The lowest BCUT2D eigenvalue weighted by Crippen LogP contribution is -2.59. The predicted octanol–water partition coefficient (Wildman–Crippen LogP) is 1.02. The van der Waals surface area contributed by atoms with Gasteiger partial charge in [0.15, 0.2) is 0 Å². The molecule has 7 nitrogen and oxygen atoms in total. The quantitative estimate of drug-likeness (QED) is 0.860. The van der Waals surface area contributed by atoms with Crippen LogP contribution in [0.1, 0.15) is 31.9 Å².